The van der Waals surface area contributed by atoms with Gasteiger partial charge in [-0.3, -0.25) is 0 Å². The number of nitrogens with one attached hydrogen (secondary N) is 1. The third-order valence-corrected chi connectivity index (χ3v) is 2.63. The van der Waals surface area contributed by atoms with E-state index in [0.717, 1.165) is 13.1 Å². The van der Waals surface area contributed by atoms with Crippen LogP contribution in [-0.2, 0) is 11.3 Å². The monoisotopic (exact) mass is 273 g/mol. The Morgan fingerprint density at radius 2 is 1.83 bits per heavy atom. The Balaban J connectivity index is 0.00000289. The van der Waals surface area contributed by atoms with Gasteiger partial charge in [0.1, 0.15) is 0 Å². The van der Waals surface area contributed by atoms with E-state index in [-0.39, 0.29) is 19.0 Å². The zero-order valence-corrected chi connectivity index (χ0v) is 12.0. The van der Waals surface area contributed by atoms with Crippen LogP contribution in [0.15, 0.2) is 24.3 Å². The Kier molecular flexibility index (Phi) is 9.98. The van der Waals surface area contributed by atoms with Crippen LogP contribution in [0.1, 0.15) is 30.9 Å². The molecule has 1 aromatic rings. The van der Waals surface area contributed by atoms with Crippen LogP contribution in [0.5, 0.6) is 0 Å². The van der Waals surface area contributed by atoms with E-state index >= 15 is 0 Å². The van der Waals surface area contributed by atoms with Crippen LogP contribution in [0.2, 0.25) is 0 Å². The number of rotatable bonds is 8. The minimum absolute atomic E-state index is 0. The molecule has 0 amide bonds. The highest BCUT2D eigenvalue weighted by Gasteiger charge is 1.98. The lowest BCUT2D eigenvalue weighted by Crippen LogP contribution is -2.19. The van der Waals surface area contributed by atoms with Gasteiger partial charge in [-0.15, -0.1) is 12.4 Å². The average Bonchev–Trinajstić information content (AvgIpc) is 2.34. The SMILES string of the molecule is CC(C)c1ccc(CNCCOCCO)cc1.Cl. The molecule has 0 unspecified atom stereocenters. The summed E-state index contributed by atoms with van der Waals surface area (Å²) in [5, 5.41) is 11.8. The summed E-state index contributed by atoms with van der Waals surface area (Å²) in [5.41, 5.74) is 2.66. The van der Waals surface area contributed by atoms with E-state index in [0.29, 0.717) is 19.1 Å². The topological polar surface area (TPSA) is 41.5 Å². The van der Waals surface area contributed by atoms with Gasteiger partial charge in [0, 0.05) is 13.1 Å². The van der Waals surface area contributed by atoms with Crippen LogP contribution in [0.25, 0.3) is 0 Å². The minimum Gasteiger partial charge on any atom is -0.394 e. The highest BCUT2D eigenvalue weighted by atomic mass is 35.5. The van der Waals surface area contributed by atoms with Gasteiger partial charge in [0.25, 0.3) is 0 Å². The van der Waals surface area contributed by atoms with Crippen molar-refractivity contribution in [2.45, 2.75) is 26.3 Å². The van der Waals surface area contributed by atoms with Crippen LogP contribution >= 0.6 is 12.4 Å². The molecule has 104 valence electrons. The highest BCUT2D eigenvalue weighted by Crippen LogP contribution is 2.14. The first-order valence-electron chi connectivity index (χ1n) is 6.22. The molecule has 0 bridgehead atoms. The Hall–Kier alpha value is -0.610. The smallest absolute Gasteiger partial charge is 0.0698 e. The van der Waals surface area contributed by atoms with E-state index in [1.807, 2.05) is 0 Å². The van der Waals surface area contributed by atoms with Gasteiger partial charge >= 0.3 is 0 Å². The van der Waals surface area contributed by atoms with Gasteiger partial charge in [-0.1, -0.05) is 38.1 Å². The number of hydrogen-bond acceptors (Lipinski definition) is 3. The normalized spacial score (nSPS) is 10.4. The summed E-state index contributed by atoms with van der Waals surface area (Å²) < 4.78 is 5.16. The van der Waals surface area contributed by atoms with E-state index in [9.17, 15) is 0 Å². The number of halogens is 1. The number of hydrogen-bond donors (Lipinski definition) is 2. The van der Waals surface area contributed by atoms with Crippen LogP contribution < -0.4 is 5.32 Å². The number of aliphatic hydroxyl groups is 1. The Bertz CT molecular complexity index is 301. The molecule has 0 aromatic heterocycles. The Morgan fingerprint density at radius 1 is 1.17 bits per heavy atom. The van der Waals surface area contributed by atoms with Crippen molar-refractivity contribution in [1.29, 1.82) is 0 Å². The molecule has 0 aliphatic carbocycles. The zero-order valence-electron chi connectivity index (χ0n) is 11.2. The van der Waals surface area contributed by atoms with Crippen molar-refractivity contribution < 1.29 is 9.84 Å². The second-order valence-electron chi connectivity index (χ2n) is 4.41. The molecule has 0 aliphatic rings. The van der Waals surface area contributed by atoms with Crippen molar-refractivity contribution in [2.75, 3.05) is 26.4 Å². The zero-order chi connectivity index (χ0) is 12.5. The Labute approximate surface area is 116 Å². The lowest BCUT2D eigenvalue weighted by atomic mass is 10.0. The predicted octanol–water partition coefficient (Wildman–Crippen LogP) is 2.33. The average molecular weight is 274 g/mol. The van der Waals surface area contributed by atoms with Gasteiger partial charge in [-0.25, -0.2) is 0 Å². The highest BCUT2D eigenvalue weighted by molar-refractivity contribution is 5.85. The van der Waals surface area contributed by atoms with Crippen molar-refractivity contribution in [3.63, 3.8) is 0 Å². The molecule has 1 rings (SSSR count). The third-order valence-electron chi connectivity index (χ3n) is 2.63. The van der Waals surface area contributed by atoms with Gasteiger partial charge in [-0.05, 0) is 17.0 Å². The molecular weight excluding hydrogens is 250 g/mol. The first-order valence-corrected chi connectivity index (χ1v) is 6.22. The van der Waals surface area contributed by atoms with Gasteiger partial charge in [-0.2, -0.15) is 0 Å². The van der Waals surface area contributed by atoms with Crippen molar-refractivity contribution >= 4 is 12.4 Å². The lowest BCUT2D eigenvalue weighted by molar-refractivity contribution is 0.0938. The molecule has 18 heavy (non-hydrogen) atoms. The summed E-state index contributed by atoms with van der Waals surface area (Å²) in [6.45, 7) is 7.23. The second kappa shape index (κ2) is 10.3. The summed E-state index contributed by atoms with van der Waals surface area (Å²) in [5.74, 6) is 0.587. The number of ether oxygens (including phenoxy) is 1. The van der Waals surface area contributed by atoms with Crippen LogP contribution in [-0.4, -0.2) is 31.5 Å². The molecule has 0 spiro atoms. The lowest BCUT2D eigenvalue weighted by Gasteiger charge is -2.08. The van der Waals surface area contributed by atoms with E-state index in [1.54, 1.807) is 0 Å². The minimum atomic E-state index is 0. The first kappa shape index (κ1) is 17.4. The summed E-state index contributed by atoms with van der Waals surface area (Å²) in [4.78, 5) is 0. The molecular formula is C14H24ClNO2. The van der Waals surface area contributed by atoms with Crippen molar-refractivity contribution in [3.8, 4) is 0 Å². The molecule has 0 heterocycles. The van der Waals surface area contributed by atoms with Crippen LogP contribution in [0.4, 0.5) is 0 Å². The maximum atomic E-state index is 8.53. The van der Waals surface area contributed by atoms with Gasteiger partial charge in [0.15, 0.2) is 0 Å². The molecule has 4 heteroatoms. The van der Waals surface area contributed by atoms with E-state index in [2.05, 4.69) is 43.4 Å². The number of aliphatic hydroxyl groups excluding tert-OH is 1. The van der Waals surface area contributed by atoms with E-state index < -0.39 is 0 Å². The standard InChI is InChI=1S/C14H23NO2.ClH/c1-12(2)14-5-3-13(4-6-14)11-15-7-9-17-10-8-16;/h3-6,12,15-16H,7-11H2,1-2H3;1H. The molecule has 1 aromatic carbocycles. The fraction of sp³-hybridized carbons (Fsp3) is 0.571. The summed E-state index contributed by atoms with van der Waals surface area (Å²) in [7, 11) is 0. The molecule has 0 atom stereocenters. The van der Waals surface area contributed by atoms with Crippen LogP contribution in [0, 0.1) is 0 Å². The van der Waals surface area contributed by atoms with Gasteiger partial charge in [0.05, 0.1) is 19.8 Å². The third kappa shape index (κ3) is 6.97. The maximum Gasteiger partial charge on any atom is 0.0698 e. The van der Waals surface area contributed by atoms with Gasteiger partial charge in [0.2, 0.25) is 0 Å². The second-order valence-corrected chi connectivity index (χ2v) is 4.41. The fourth-order valence-electron chi connectivity index (χ4n) is 1.56. The molecule has 0 saturated carbocycles. The molecule has 3 nitrogen and oxygen atoms in total. The largest absolute Gasteiger partial charge is 0.394 e. The summed E-state index contributed by atoms with van der Waals surface area (Å²) >= 11 is 0. The van der Waals surface area contributed by atoms with Crippen molar-refractivity contribution in [3.05, 3.63) is 35.4 Å². The van der Waals surface area contributed by atoms with Crippen molar-refractivity contribution in [2.24, 2.45) is 0 Å². The molecule has 0 aliphatic heterocycles. The van der Waals surface area contributed by atoms with Gasteiger partial charge < -0.3 is 15.2 Å². The maximum absolute atomic E-state index is 8.53. The van der Waals surface area contributed by atoms with Crippen LogP contribution in [0.3, 0.4) is 0 Å². The first-order chi connectivity index (χ1) is 8.24. The van der Waals surface area contributed by atoms with E-state index in [4.69, 9.17) is 9.84 Å². The van der Waals surface area contributed by atoms with E-state index in [1.165, 1.54) is 11.1 Å². The van der Waals surface area contributed by atoms with Crippen molar-refractivity contribution in [1.82, 2.24) is 5.32 Å². The Morgan fingerprint density at radius 3 is 2.39 bits per heavy atom. The summed E-state index contributed by atoms with van der Waals surface area (Å²) in [6.07, 6.45) is 0. The fourth-order valence-corrected chi connectivity index (χ4v) is 1.56. The molecule has 0 radical (unpaired) electrons. The quantitative estimate of drug-likeness (QED) is 0.715. The predicted molar refractivity (Wildman–Crippen MR) is 77.4 cm³/mol. The molecule has 0 saturated heterocycles. The molecule has 2 N–H and O–H groups in total. The number of benzene rings is 1. The summed E-state index contributed by atoms with van der Waals surface area (Å²) in [6, 6.07) is 8.70. The molecule has 0 fully saturated rings.